The molecule has 1 aromatic rings. The minimum absolute atomic E-state index is 0.0679. The van der Waals surface area contributed by atoms with Crippen LogP contribution < -0.4 is 5.43 Å². The van der Waals surface area contributed by atoms with Crippen molar-refractivity contribution in [1.82, 2.24) is 5.43 Å². The fourth-order valence-corrected chi connectivity index (χ4v) is 1.97. The first kappa shape index (κ1) is 11.3. The van der Waals surface area contributed by atoms with E-state index in [0.29, 0.717) is 6.42 Å². The first-order valence-corrected chi connectivity index (χ1v) is 5.96. The van der Waals surface area contributed by atoms with Crippen LogP contribution in [0.2, 0.25) is 0 Å². The van der Waals surface area contributed by atoms with Crippen molar-refractivity contribution < 1.29 is 9.48 Å². The minimum Gasteiger partial charge on any atom is -0.269 e. The molecule has 1 fully saturated rings. The number of hydrazone groups is 1. The minimum atomic E-state index is -0.163. The molecule has 1 amide bonds. The van der Waals surface area contributed by atoms with Crippen molar-refractivity contribution in [2.24, 2.45) is 0 Å². The summed E-state index contributed by atoms with van der Waals surface area (Å²) in [7, 11) is 0. The molecule has 2 rings (SSSR count). The number of hydrogen-bond acceptors (Lipinski definition) is 1. The lowest BCUT2D eigenvalue weighted by atomic mass is 10.0. The normalized spacial score (nSPS) is 21.2. The van der Waals surface area contributed by atoms with Gasteiger partial charge in [-0.3, -0.25) is 4.79 Å². The Balaban J connectivity index is 2.31. The van der Waals surface area contributed by atoms with Crippen molar-refractivity contribution in [3.63, 3.8) is 0 Å². The summed E-state index contributed by atoms with van der Waals surface area (Å²) in [4.78, 5) is 11.3. The number of carbonyl (C=O) groups is 1. The molecular formula is C12H14BrN2O+. The highest BCUT2D eigenvalue weighted by Crippen LogP contribution is 2.18. The highest BCUT2D eigenvalue weighted by atomic mass is 79.9. The van der Waals surface area contributed by atoms with Gasteiger partial charge in [-0.05, 0) is 24.3 Å². The van der Waals surface area contributed by atoms with Gasteiger partial charge in [0, 0.05) is 23.9 Å². The Morgan fingerprint density at radius 2 is 2.00 bits per heavy atom. The zero-order valence-electron chi connectivity index (χ0n) is 9.33. The van der Waals surface area contributed by atoms with Gasteiger partial charge in [0.25, 0.3) is 5.91 Å². The summed E-state index contributed by atoms with van der Waals surface area (Å²) < 4.78 is 2.92. The monoisotopic (exact) mass is 281 g/mol. The van der Waals surface area contributed by atoms with Gasteiger partial charge in [0.2, 0.25) is 6.21 Å². The van der Waals surface area contributed by atoms with Gasteiger partial charge in [0.15, 0.2) is 5.54 Å². The molecule has 1 aliphatic heterocycles. The van der Waals surface area contributed by atoms with E-state index in [1.54, 1.807) is 0 Å². The molecule has 0 spiro atoms. The van der Waals surface area contributed by atoms with E-state index >= 15 is 0 Å². The number of halogens is 1. The fraction of sp³-hybridized carbons (Fsp3) is 0.333. The molecule has 0 aromatic heterocycles. The van der Waals surface area contributed by atoms with E-state index in [2.05, 4.69) is 21.4 Å². The van der Waals surface area contributed by atoms with Crippen molar-refractivity contribution in [1.29, 1.82) is 0 Å². The van der Waals surface area contributed by atoms with E-state index in [0.717, 1.165) is 10.0 Å². The predicted octanol–water partition coefficient (Wildman–Crippen LogP) is 2.09. The van der Waals surface area contributed by atoms with E-state index < -0.39 is 0 Å². The standard InChI is InChI=1S/C12H13BrN2O/c1-12(2)7-11(16)14-15(12)8-9-3-5-10(13)6-4-9/h3-6,8H,7H2,1-2H3/p+1/b15-8-. The topological polar surface area (TPSA) is 32.1 Å². The van der Waals surface area contributed by atoms with Gasteiger partial charge in [0.05, 0.1) is 6.42 Å². The average Bonchev–Trinajstić information content (AvgIpc) is 2.43. The van der Waals surface area contributed by atoms with E-state index in [1.165, 1.54) is 0 Å². The molecule has 1 aliphatic rings. The van der Waals surface area contributed by atoms with Crippen LogP contribution in [0.25, 0.3) is 0 Å². The van der Waals surface area contributed by atoms with Crippen molar-refractivity contribution in [2.75, 3.05) is 0 Å². The molecule has 3 nitrogen and oxygen atoms in total. The zero-order chi connectivity index (χ0) is 11.8. The van der Waals surface area contributed by atoms with Crippen LogP contribution in [0.3, 0.4) is 0 Å². The SMILES string of the molecule is CC1(C)CC(=O)N/[N+]1=C\c1ccc(Br)cc1. The number of nitrogens with zero attached hydrogens (tertiary/aromatic N) is 1. The van der Waals surface area contributed by atoms with Gasteiger partial charge < -0.3 is 0 Å². The number of hydrogen-bond donors (Lipinski definition) is 1. The summed E-state index contributed by atoms with van der Waals surface area (Å²) in [6.45, 7) is 4.08. The number of benzene rings is 1. The smallest absolute Gasteiger partial charge is 0.269 e. The lowest BCUT2D eigenvalue weighted by Crippen LogP contribution is -2.36. The van der Waals surface area contributed by atoms with Gasteiger partial charge >= 0.3 is 0 Å². The number of carbonyl (C=O) groups excluding carboxylic acids is 1. The third kappa shape index (κ3) is 2.32. The van der Waals surface area contributed by atoms with E-state index in [9.17, 15) is 4.79 Å². The van der Waals surface area contributed by atoms with Crippen molar-refractivity contribution >= 4 is 28.1 Å². The van der Waals surface area contributed by atoms with E-state index in [4.69, 9.17) is 0 Å². The predicted molar refractivity (Wildman–Crippen MR) is 66.4 cm³/mol. The molecule has 0 aliphatic carbocycles. The second kappa shape index (κ2) is 4.01. The van der Waals surface area contributed by atoms with Gasteiger partial charge in [0.1, 0.15) is 0 Å². The van der Waals surface area contributed by atoms with Crippen LogP contribution in [0.5, 0.6) is 0 Å². The first-order valence-electron chi connectivity index (χ1n) is 5.17. The molecule has 84 valence electrons. The number of rotatable bonds is 1. The largest absolute Gasteiger partial charge is 0.281 e. The second-order valence-corrected chi connectivity index (χ2v) is 5.49. The molecule has 1 heterocycles. The Hall–Kier alpha value is -1.16. The molecule has 1 aromatic carbocycles. The Bertz CT molecular complexity index is 449. The first-order chi connectivity index (χ1) is 7.47. The average molecular weight is 282 g/mol. The van der Waals surface area contributed by atoms with Crippen LogP contribution in [0.4, 0.5) is 0 Å². The van der Waals surface area contributed by atoms with Crippen molar-refractivity contribution in [3.05, 3.63) is 34.3 Å². The van der Waals surface area contributed by atoms with Gasteiger partial charge in [-0.2, -0.15) is 0 Å². The lowest BCUT2D eigenvalue weighted by Gasteiger charge is -2.09. The molecule has 4 heteroatoms. The third-order valence-corrected chi connectivity index (χ3v) is 3.17. The molecule has 0 atom stereocenters. The van der Waals surface area contributed by atoms with E-state index in [-0.39, 0.29) is 11.4 Å². The Labute approximate surface area is 103 Å². The van der Waals surface area contributed by atoms with Crippen molar-refractivity contribution in [3.8, 4) is 0 Å². The third-order valence-electron chi connectivity index (χ3n) is 2.64. The van der Waals surface area contributed by atoms with Gasteiger partial charge in [-0.25, -0.2) is 0 Å². The van der Waals surface area contributed by atoms with Crippen LogP contribution in [-0.4, -0.2) is 22.3 Å². The zero-order valence-corrected chi connectivity index (χ0v) is 10.9. The maximum absolute atomic E-state index is 11.3. The Kier molecular flexibility index (Phi) is 2.84. The number of hydrazine groups is 1. The molecule has 0 bridgehead atoms. The Morgan fingerprint density at radius 3 is 2.50 bits per heavy atom. The summed E-state index contributed by atoms with van der Waals surface area (Å²) in [6.07, 6.45) is 2.48. The number of nitrogens with one attached hydrogen (secondary N) is 1. The van der Waals surface area contributed by atoms with Crippen LogP contribution >= 0.6 is 15.9 Å². The maximum atomic E-state index is 11.3. The molecule has 0 saturated carbocycles. The fourth-order valence-electron chi connectivity index (χ4n) is 1.71. The summed E-state index contributed by atoms with van der Waals surface area (Å²) in [5, 5.41) is 0. The summed E-state index contributed by atoms with van der Waals surface area (Å²) in [6, 6.07) is 7.97. The maximum Gasteiger partial charge on any atom is 0.281 e. The second-order valence-electron chi connectivity index (χ2n) is 4.57. The molecular weight excluding hydrogens is 268 g/mol. The van der Waals surface area contributed by atoms with Gasteiger partial charge in [-0.15, -0.1) is 10.1 Å². The molecule has 0 unspecified atom stereocenters. The number of amides is 1. The molecule has 1 saturated heterocycles. The van der Waals surface area contributed by atoms with Crippen LogP contribution in [-0.2, 0) is 4.79 Å². The summed E-state index contributed by atoms with van der Waals surface area (Å²) in [5.74, 6) is 0.0679. The molecule has 0 radical (unpaired) electrons. The quantitative estimate of drug-likeness (QED) is 0.786. The van der Waals surface area contributed by atoms with Crippen molar-refractivity contribution in [2.45, 2.75) is 25.8 Å². The molecule has 1 N–H and O–H groups in total. The highest BCUT2D eigenvalue weighted by Gasteiger charge is 2.42. The lowest BCUT2D eigenvalue weighted by molar-refractivity contribution is -0.620. The van der Waals surface area contributed by atoms with E-state index in [1.807, 2.05) is 49.0 Å². The molecule has 16 heavy (non-hydrogen) atoms. The van der Waals surface area contributed by atoms with Crippen LogP contribution in [0.1, 0.15) is 25.8 Å². The van der Waals surface area contributed by atoms with Gasteiger partial charge in [-0.1, -0.05) is 15.9 Å². The summed E-state index contributed by atoms with van der Waals surface area (Å²) >= 11 is 3.39. The van der Waals surface area contributed by atoms with Crippen LogP contribution in [0.15, 0.2) is 28.7 Å². The summed E-state index contributed by atoms with van der Waals surface area (Å²) in [5.41, 5.74) is 3.74. The highest BCUT2D eigenvalue weighted by molar-refractivity contribution is 9.10. The van der Waals surface area contributed by atoms with Crippen LogP contribution in [0, 0.1) is 0 Å². The Morgan fingerprint density at radius 1 is 1.38 bits per heavy atom.